The molecule has 1 aromatic carbocycles. The lowest BCUT2D eigenvalue weighted by molar-refractivity contribution is -0.131. The summed E-state index contributed by atoms with van der Waals surface area (Å²) in [5.74, 6) is -0.864. The Morgan fingerprint density at radius 3 is 2.60 bits per heavy atom. The molecule has 0 aromatic heterocycles. The number of nitrogens with one attached hydrogen (secondary N) is 1. The van der Waals surface area contributed by atoms with Crippen molar-refractivity contribution in [2.45, 2.75) is 6.92 Å². The minimum Gasteiger partial charge on any atom is -0.426 e. The maximum absolute atomic E-state index is 11.4. The second-order valence-corrected chi connectivity index (χ2v) is 2.79. The van der Waals surface area contributed by atoms with Crippen molar-refractivity contribution in [3.05, 3.63) is 29.8 Å². The number of ether oxygens (including phenoxy) is 1. The number of hydrogen-bond acceptors (Lipinski definition) is 5. The van der Waals surface area contributed by atoms with Crippen LogP contribution < -0.4 is 10.2 Å². The van der Waals surface area contributed by atoms with Crippen LogP contribution in [0.1, 0.15) is 17.3 Å². The summed E-state index contributed by atoms with van der Waals surface area (Å²) >= 11 is 3.37. The van der Waals surface area contributed by atoms with Gasteiger partial charge in [-0.15, -0.1) is 0 Å². The Balaban J connectivity index is 2.95. The summed E-state index contributed by atoms with van der Waals surface area (Å²) < 4.78 is 9.00. The first-order valence-corrected chi connectivity index (χ1v) is 4.40. The average molecular weight is 227 g/mol. The number of benzene rings is 1. The molecule has 6 heteroatoms. The molecule has 5 nitrogen and oxygen atoms in total. The summed E-state index contributed by atoms with van der Waals surface area (Å²) in [5, 5.41) is 0. The Hall–Kier alpha value is -1.53. The van der Waals surface area contributed by atoms with Crippen LogP contribution in [0, 0.1) is 0 Å². The number of thiol groups is 1. The van der Waals surface area contributed by atoms with Crippen molar-refractivity contribution in [3.63, 3.8) is 0 Å². The second-order valence-electron chi connectivity index (χ2n) is 2.61. The van der Waals surface area contributed by atoms with E-state index >= 15 is 0 Å². The van der Waals surface area contributed by atoms with Crippen LogP contribution in [0.15, 0.2) is 24.3 Å². The highest BCUT2D eigenvalue weighted by molar-refractivity contribution is 7.75. The third-order valence-electron chi connectivity index (χ3n) is 1.52. The fourth-order valence-electron chi connectivity index (χ4n) is 0.995. The summed E-state index contributed by atoms with van der Waals surface area (Å²) in [5.41, 5.74) is 2.21. The largest absolute Gasteiger partial charge is 0.426 e. The van der Waals surface area contributed by atoms with Crippen LogP contribution in [0.3, 0.4) is 0 Å². The smallest absolute Gasteiger partial charge is 0.308 e. The van der Waals surface area contributed by atoms with Crippen LogP contribution in [-0.2, 0) is 9.08 Å². The number of esters is 1. The first kappa shape index (κ1) is 11.5. The maximum Gasteiger partial charge on any atom is 0.308 e. The van der Waals surface area contributed by atoms with Gasteiger partial charge in [-0.3, -0.25) is 9.59 Å². The summed E-state index contributed by atoms with van der Waals surface area (Å²) in [4.78, 5) is 22.1. The summed E-state index contributed by atoms with van der Waals surface area (Å²) in [7, 11) is 0. The third kappa shape index (κ3) is 3.26. The van der Waals surface area contributed by atoms with Crippen LogP contribution >= 0.6 is 12.9 Å². The summed E-state index contributed by atoms with van der Waals surface area (Å²) in [6, 6.07) is 6.30. The molecule has 0 aliphatic carbocycles. The molecular weight excluding hydrogens is 218 g/mol. The topological polar surface area (TPSA) is 64.6 Å². The van der Waals surface area contributed by atoms with E-state index in [-0.39, 0.29) is 11.3 Å². The van der Waals surface area contributed by atoms with Gasteiger partial charge in [0.2, 0.25) is 0 Å². The number of amides is 1. The van der Waals surface area contributed by atoms with E-state index < -0.39 is 11.9 Å². The zero-order chi connectivity index (χ0) is 11.3. The highest BCUT2D eigenvalue weighted by Gasteiger charge is 2.12. The summed E-state index contributed by atoms with van der Waals surface area (Å²) in [6.07, 6.45) is 0. The first-order chi connectivity index (χ1) is 7.15. The van der Waals surface area contributed by atoms with Crippen molar-refractivity contribution in [3.8, 4) is 5.75 Å². The molecule has 0 atom stereocenters. The molecule has 0 bridgehead atoms. The molecular formula is C9H9NO4S. The molecule has 1 amide bonds. The molecule has 80 valence electrons. The van der Waals surface area contributed by atoms with Gasteiger partial charge in [0, 0.05) is 19.8 Å². The zero-order valence-corrected chi connectivity index (χ0v) is 8.78. The Morgan fingerprint density at radius 1 is 1.33 bits per heavy atom. The zero-order valence-electron chi connectivity index (χ0n) is 7.89. The van der Waals surface area contributed by atoms with E-state index in [1.807, 2.05) is 5.48 Å². The van der Waals surface area contributed by atoms with Crippen molar-refractivity contribution in [1.82, 2.24) is 5.48 Å². The Morgan fingerprint density at radius 2 is 2.00 bits per heavy atom. The van der Waals surface area contributed by atoms with Crippen LogP contribution in [0.25, 0.3) is 0 Å². The van der Waals surface area contributed by atoms with Crippen molar-refractivity contribution in [1.29, 1.82) is 0 Å². The van der Waals surface area contributed by atoms with E-state index in [9.17, 15) is 9.59 Å². The van der Waals surface area contributed by atoms with Crippen LogP contribution in [0.2, 0.25) is 0 Å². The van der Waals surface area contributed by atoms with E-state index in [1.165, 1.54) is 19.1 Å². The van der Waals surface area contributed by atoms with Crippen molar-refractivity contribution in [2.24, 2.45) is 0 Å². The van der Waals surface area contributed by atoms with Crippen molar-refractivity contribution in [2.75, 3.05) is 0 Å². The molecule has 0 aliphatic heterocycles. The van der Waals surface area contributed by atoms with E-state index in [0.717, 1.165) is 0 Å². The number of hydroxylamine groups is 1. The average Bonchev–Trinajstić information content (AvgIpc) is 2.18. The predicted octanol–water partition coefficient (Wildman–Crippen LogP) is 1.12. The van der Waals surface area contributed by atoms with Crippen molar-refractivity contribution < 1.29 is 18.6 Å². The minimum atomic E-state index is -0.540. The van der Waals surface area contributed by atoms with Gasteiger partial charge in [0.15, 0.2) is 0 Å². The summed E-state index contributed by atoms with van der Waals surface area (Å²) in [6.45, 7) is 1.25. The van der Waals surface area contributed by atoms with Gasteiger partial charge in [0.1, 0.15) is 5.75 Å². The van der Waals surface area contributed by atoms with Crippen LogP contribution in [0.4, 0.5) is 0 Å². The fraction of sp³-hybridized carbons (Fsp3) is 0.111. The number of carbonyl (C=O) groups excluding carboxylic acids is 2. The van der Waals surface area contributed by atoms with Gasteiger partial charge in [0.05, 0.1) is 5.56 Å². The molecule has 1 aromatic rings. The Bertz CT molecular complexity index is 380. The minimum absolute atomic E-state index is 0.174. The normalized spacial score (nSPS) is 9.47. The highest BCUT2D eigenvalue weighted by atomic mass is 32.1. The van der Waals surface area contributed by atoms with Gasteiger partial charge < -0.3 is 4.74 Å². The van der Waals surface area contributed by atoms with E-state index in [2.05, 4.69) is 17.2 Å². The van der Waals surface area contributed by atoms with E-state index in [1.54, 1.807) is 12.1 Å². The Kier molecular flexibility index (Phi) is 4.14. The molecule has 0 spiro atoms. The van der Waals surface area contributed by atoms with Gasteiger partial charge in [-0.25, -0.2) is 9.76 Å². The van der Waals surface area contributed by atoms with Gasteiger partial charge in [-0.05, 0) is 12.1 Å². The van der Waals surface area contributed by atoms with E-state index in [0.29, 0.717) is 0 Å². The number of rotatable bonds is 3. The van der Waals surface area contributed by atoms with Crippen LogP contribution in [0.5, 0.6) is 5.75 Å². The predicted molar refractivity (Wildman–Crippen MR) is 55.3 cm³/mol. The lowest BCUT2D eigenvalue weighted by atomic mass is 10.2. The van der Waals surface area contributed by atoms with Crippen molar-refractivity contribution >= 4 is 24.8 Å². The molecule has 0 saturated heterocycles. The SMILES string of the molecule is CC(=O)Oc1ccccc1C(=O)NOS. The molecule has 0 aliphatic rings. The molecule has 0 fully saturated rings. The number of carbonyl (C=O) groups is 2. The standard InChI is InChI=1S/C9H9NO4S/c1-6(11)13-8-5-3-2-4-7(8)9(12)10-14-15/h2-5,15H,1H3,(H,10,12). The molecule has 1 rings (SSSR count). The highest BCUT2D eigenvalue weighted by Crippen LogP contribution is 2.17. The van der Waals surface area contributed by atoms with Gasteiger partial charge in [0.25, 0.3) is 5.91 Å². The monoisotopic (exact) mass is 227 g/mol. The molecule has 0 unspecified atom stereocenters. The lowest BCUT2D eigenvalue weighted by Gasteiger charge is -2.07. The van der Waals surface area contributed by atoms with Gasteiger partial charge in [-0.1, -0.05) is 12.1 Å². The Labute approximate surface area is 91.9 Å². The lowest BCUT2D eigenvalue weighted by Crippen LogP contribution is -2.21. The van der Waals surface area contributed by atoms with Gasteiger partial charge >= 0.3 is 5.97 Å². The van der Waals surface area contributed by atoms with Crippen LogP contribution in [-0.4, -0.2) is 11.9 Å². The maximum atomic E-state index is 11.4. The van der Waals surface area contributed by atoms with Gasteiger partial charge in [-0.2, -0.15) is 0 Å². The first-order valence-electron chi connectivity index (χ1n) is 4.03. The molecule has 0 radical (unpaired) electrons. The second kappa shape index (κ2) is 5.38. The molecule has 15 heavy (non-hydrogen) atoms. The van der Waals surface area contributed by atoms with E-state index in [4.69, 9.17) is 4.74 Å². The quantitative estimate of drug-likeness (QED) is 0.267. The molecule has 0 heterocycles. The molecule has 0 saturated carbocycles. The third-order valence-corrected chi connectivity index (χ3v) is 1.62. The fourth-order valence-corrected chi connectivity index (χ4v) is 1.08. The molecule has 1 N–H and O–H groups in total. The number of para-hydroxylation sites is 1. The number of hydrogen-bond donors (Lipinski definition) is 2.